The molecule has 0 aromatic heterocycles. The van der Waals surface area contributed by atoms with Crippen molar-refractivity contribution in [2.45, 2.75) is 71.6 Å². The summed E-state index contributed by atoms with van der Waals surface area (Å²) in [6, 6.07) is 15.7. The largest absolute Gasteiger partial charge is 0.491 e. The number of rotatable bonds is 21. The Morgan fingerprint density at radius 3 is 1.62 bits per heavy atom. The van der Waals surface area contributed by atoms with E-state index >= 15 is 0 Å². The SMILES string of the molecule is C=C(C)C(=O)COC(O)COC(C)COc1ccc(C(C)(C)c2ccc(OCC(C)OCC(O)COC(=O)C(=C)C)cc2)cc1. The molecule has 0 bridgehead atoms. The summed E-state index contributed by atoms with van der Waals surface area (Å²) in [6.07, 6.45) is -2.75. The molecular formula is C35H48O10. The molecule has 10 heteroatoms. The number of ketones is 1. The van der Waals surface area contributed by atoms with Crippen LogP contribution in [0.15, 0.2) is 72.8 Å². The minimum Gasteiger partial charge on any atom is -0.491 e. The third kappa shape index (κ3) is 13.5. The van der Waals surface area contributed by atoms with E-state index in [-0.39, 0.29) is 68.6 Å². The van der Waals surface area contributed by atoms with E-state index in [0.717, 1.165) is 11.1 Å². The molecule has 0 aliphatic rings. The molecule has 0 saturated heterocycles. The first-order valence-electron chi connectivity index (χ1n) is 14.9. The van der Waals surface area contributed by atoms with E-state index in [1.54, 1.807) is 13.8 Å². The van der Waals surface area contributed by atoms with Gasteiger partial charge in [-0.1, -0.05) is 51.3 Å². The summed E-state index contributed by atoms with van der Waals surface area (Å²) in [5, 5.41) is 19.8. The maximum Gasteiger partial charge on any atom is 0.333 e. The normalized spacial score (nSPS) is 14.1. The van der Waals surface area contributed by atoms with Crippen LogP contribution in [0.1, 0.15) is 52.7 Å². The molecule has 45 heavy (non-hydrogen) atoms. The Hall–Kier alpha value is -3.54. The first kappa shape index (κ1) is 37.6. The van der Waals surface area contributed by atoms with Gasteiger partial charge in [-0.25, -0.2) is 4.79 Å². The van der Waals surface area contributed by atoms with E-state index in [0.29, 0.717) is 17.1 Å². The van der Waals surface area contributed by atoms with Gasteiger partial charge >= 0.3 is 5.97 Å². The summed E-state index contributed by atoms with van der Waals surface area (Å²) in [6.45, 7) is 18.2. The second kappa shape index (κ2) is 18.4. The number of hydrogen-bond donors (Lipinski definition) is 2. The van der Waals surface area contributed by atoms with Gasteiger partial charge in [0.05, 0.1) is 25.4 Å². The van der Waals surface area contributed by atoms with Gasteiger partial charge in [-0.15, -0.1) is 0 Å². The molecule has 4 atom stereocenters. The number of esters is 1. The van der Waals surface area contributed by atoms with Crippen LogP contribution < -0.4 is 9.47 Å². The molecule has 0 aliphatic heterocycles. The van der Waals surface area contributed by atoms with Gasteiger partial charge in [0.1, 0.15) is 44.0 Å². The molecule has 10 nitrogen and oxygen atoms in total. The molecule has 2 rings (SSSR count). The van der Waals surface area contributed by atoms with Gasteiger partial charge in [-0.2, -0.15) is 0 Å². The summed E-state index contributed by atoms with van der Waals surface area (Å²) >= 11 is 0. The van der Waals surface area contributed by atoms with Gasteiger partial charge in [-0.05, 0) is 68.7 Å². The quantitative estimate of drug-likeness (QED) is 0.115. The fourth-order valence-electron chi connectivity index (χ4n) is 3.83. The van der Waals surface area contributed by atoms with Crippen molar-refractivity contribution in [3.05, 3.63) is 84.0 Å². The van der Waals surface area contributed by atoms with Crippen molar-refractivity contribution in [2.75, 3.05) is 39.6 Å². The third-order valence-corrected chi connectivity index (χ3v) is 6.86. The molecule has 0 radical (unpaired) electrons. The predicted octanol–water partition coefficient (Wildman–Crippen LogP) is 4.54. The van der Waals surface area contributed by atoms with E-state index in [1.807, 2.05) is 62.4 Å². The van der Waals surface area contributed by atoms with E-state index < -0.39 is 18.4 Å². The fourth-order valence-corrected chi connectivity index (χ4v) is 3.83. The van der Waals surface area contributed by atoms with E-state index in [4.69, 9.17) is 28.4 Å². The van der Waals surface area contributed by atoms with Gasteiger partial charge in [0.25, 0.3) is 0 Å². The van der Waals surface area contributed by atoms with Gasteiger partial charge in [-0.3, -0.25) is 4.79 Å². The number of carbonyl (C=O) groups is 2. The molecule has 248 valence electrons. The number of benzene rings is 2. The van der Waals surface area contributed by atoms with Crippen LogP contribution in [0.25, 0.3) is 0 Å². The average molecular weight is 629 g/mol. The third-order valence-electron chi connectivity index (χ3n) is 6.86. The standard InChI is InChI=1S/C35H48O10/c1-23(2)32(37)21-44-33(38)22-41-26(6)18-43-31-15-11-28(12-16-31)35(7,8)27-9-13-30(14-10-27)42-17-25(5)40-19-29(36)20-45-34(39)24(3)4/h9-16,25-26,29,33,36,38H,1,3,17-22H2,2,4-8H3. The van der Waals surface area contributed by atoms with Crippen molar-refractivity contribution in [2.24, 2.45) is 0 Å². The lowest BCUT2D eigenvalue weighted by atomic mass is 9.78. The number of ether oxygens (including phenoxy) is 6. The van der Waals surface area contributed by atoms with Gasteiger partial charge in [0.2, 0.25) is 0 Å². The molecule has 2 aromatic rings. The molecule has 4 unspecified atom stereocenters. The highest BCUT2D eigenvalue weighted by Crippen LogP contribution is 2.33. The second-order valence-corrected chi connectivity index (χ2v) is 11.6. The molecule has 0 amide bonds. The Labute approximate surface area is 266 Å². The highest BCUT2D eigenvalue weighted by atomic mass is 16.6. The van der Waals surface area contributed by atoms with E-state index in [2.05, 4.69) is 27.0 Å². The van der Waals surface area contributed by atoms with Crippen LogP contribution in [0.5, 0.6) is 11.5 Å². The lowest BCUT2D eigenvalue weighted by Gasteiger charge is -2.27. The van der Waals surface area contributed by atoms with Crippen molar-refractivity contribution < 1.29 is 48.2 Å². The van der Waals surface area contributed by atoms with Gasteiger partial charge < -0.3 is 38.6 Å². The van der Waals surface area contributed by atoms with Crippen LogP contribution in [0, 0.1) is 0 Å². The number of hydrogen-bond acceptors (Lipinski definition) is 10. The molecular weight excluding hydrogens is 580 g/mol. The van der Waals surface area contributed by atoms with Crippen LogP contribution in [0.2, 0.25) is 0 Å². The Morgan fingerprint density at radius 1 is 0.711 bits per heavy atom. The molecule has 0 heterocycles. The zero-order valence-electron chi connectivity index (χ0n) is 27.2. The fraction of sp³-hybridized carbons (Fsp3) is 0.486. The van der Waals surface area contributed by atoms with Crippen molar-refractivity contribution in [3.8, 4) is 11.5 Å². The predicted molar refractivity (Wildman–Crippen MR) is 170 cm³/mol. The summed E-state index contributed by atoms with van der Waals surface area (Å²) < 4.78 is 32.9. The lowest BCUT2D eigenvalue weighted by Crippen LogP contribution is -2.28. The van der Waals surface area contributed by atoms with Crippen LogP contribution in [0.3, 0.4) is 0 Å². The van der Waals surface area contributed by atoms with Crippen molar-refractivity contribution in [3.63, 3.8) is 0 Å². The topological polar surface area (TPSA) is 130 Å². The van der Waals surface area contributed by atoms with E-state index in [1.165, 1.54) is 0 Å². The van der Waals surface area contributed by atoms with Crippen LogP contribution in [-0.2, 0) is 34.0 Å². The van der Waals surface area contributed by atoms with Crippen LogP contribution in [-0.4, -0.2) is 86.2 Å². The van der Waals surface area contributed by atoms with Crippen LogP contribution >= 0.6 is 0 Å². The number of aliphatic hydroxyl groups is 2. The highest BCUT2D eigenvalue weighted by Gasteiger charge is 2.23. The molecule has 0 saturated carbocycles. The Kier molecular flexibility index (Phi) is 15.4. The van der Waals surface area contributed by atoms with Crippen molar-refractivity contribution >= 4 is 11.8 Å². The Morgan fingerprint density at radius 2 is 1.18 bits per heavy atom. The average Bonchev–Trinajstić information content (AvgIpc) is 3.02. The number of aliphatic hydroxyl groups excluding tert-OH is 2. The molecule has 0 spiro atoms. The smallest absolute Gasteiger partial charge is 0.333 e. The summed E-state index contributed by atoms with van der Waals surface area (Å²) in [7, 11) is 0. The van der Waals surface area contributed by atoms with E-state index in [9.17, 15) is 19.8 Å². The monoisotopic (exact) mass is 628 g/mol. The first-order valence-corrected chi connectivity index (χ1v) is 14.9. The van der Waals surface area contributed by atoms with Gasteiger partial charge in [0.15, 0.2) is 12.1 Å². The second-order valence-electron chi connectivity index (χ2n) is 11.6. The molecule has 0 aliphatic carbocycles. The highest BCUT2D eigenvalue weighted by molar-refractivity contribution is 5.95. The Balaban J connectivity index is 1.77. The minimum atomic E-state index is -1.21. The lowest BCUT2D eigenvalue weighted by molar-refractivity contribution is -0.158. The van der Waals surface area contributed by atoms with Crippen LogP contribution in [0.4, 0.5) is 0 Å². The minimum absolute atomic E-state index is 0.0118. The summed E-state index contributed by atoms with van der Waals surface area (Å²) in [5.41, 5.74) is 2.57. The molecule has 2 aromatic carbocycles. The zero-order valence-corrected chi connectivity index (χ0v) is 27.2. The molecule has 0 fully saturated rings. The summed E-state index contributed by atoms with van der Waals surface area (Å²) in [4.78, 5) is 22.9. The maximum atomic E-state index is 11.5. The van der Waals surface area contributed by atoms with Crippen molar-refractivity contribution in [1.29, 1.82) is 0 Å². The Bertz CT molecular complexity index is 1140. The zero-order chi connectivity index (χ0) is 33.6. The van der Waals surface area contributed by atoms with Crippen molar-refractivity contribution in [1.82, 2.24) is 0 Å². The molecule has 2 N–H and O–H groups in total. The number of carbonyl (C=O) groups excluding carboxylic acids is 2. The first-order chi connectivity index (χ1) is 21.2. The maximum absolute atomic E-state index is 11.5. The summed E-state index contributed by atoms with van der Waals surface area (Å²) in [5.74, 6) is 0.565. The number of Topliss-reactive ketones (excluding diaryl/α,β-unsaturated/α-hetero) is 1. The van der Waals surface area contributed by atoms with Gasteiger partial charge in [0, 0.05) is 11.0 Å².